The number of nitrogens with zero attached hydrogens (tertiary/aromatic N) is 4. The molecule has 0 radical (unpaired) electrons. The summed E-state index contributed by atoms with van der Waals surface area (Å²) in [5, 5.41) is 3.99. The molecule has 0 saturated carbocycles. The first-order chi connectivity index (χ1) is 13.5. The molecule has 1 amide bonds. The van der Waals surface area contributed by atoms with E-state index in [2.05, 4.69) is 15.1 Å². The monoisotopic (exact) mass is 400 g/mol. The van der Waals surface area contributed by atoms with E-state index in [-0.39, 0.29) is 36.4 Å². The van der Waals surface area contributed by atoms with Gasteiger partial charge in [0.25, 0.3) is 5.91 Å². The van der Waals surface area contributed by atoms with Gasteiger partial charge in [0, 0.05) is 31.0 Å². The highest BCUT2D eigenvalue weighted by molar-refractivity contribution is 7.93. The van der Waals surface area contributed by atoms with E-state index in [0.717, 1.165) is 5.56 Å². The molecule has 3 aromatic rings. The standard InChI is InChI=1S/C18H16N4O5S/c23-17(14-2-1-8-26-14)22-10-18(11-22)13(5-9-28(18,24)25)16-20-15(21-27-16)12-3-6-19-7-4-12/h1-4,6-8,13H,5,9-11H2. The van der Waals surface area contributed by atoms with Crippen molar-refractivity contribution in [3.8, 4) is 11.4 Å². The number of sulfone groups is 1. The van der Waals surface area contributed by atoms with Gasteiger partial charge in [-0.1, -0.05) is 5.16 Å². The van der Waals surface area contributed by atoms with Crippen molar-refractivity contribution in [2.24, 2.45) is 0 Å². The van der Waals surface area contributed by atoms with Crippen LogP contribution in [0.3, 0.4) is 0 Å². The molecular weight excluding hydrogens is 384 g/mol. The van der Waals surface area contributed by atoms with Crippen LogP contribution in [0.25, 0.3) is 11.4 Å². The first-order valence-electron chi connectivity index (χ1n) is 8.79. The van der Waals surface area contributed by atoms with Crippen LogP contribution in [0.15, 0.2) is 51.9 Å². The van der Waals surface area contributed by atoms with Crippen molar-refractivity contribution in [1.82, 2.24) is 20.0 Å². The van der Waals surface area contributed by atoms with Crippen molar-refractivity contribution in [3.63, 3.8) is 0 Å². The van der Waals surface area contributed by atoms with Crippen molar-refractivity contribution >= 4 is 15.7 Å². The number of carbonyl (C=O) groups is 1. The highest BCUT2D eigenvalue weighted by Crippen LogP contribution is 2.49. The van der Waals surface area contributed by atoms with Gasteiger partial charge in [0.15, 0.2) is 15.6 Å². The third kappa shape index (κ3) is 2.40. The van der Waals surface area contributed by atoms with Gasteiger partial charge in [0.2, 0.25) is 11.7 Å². The molecule has 0 N–H and O–H groups in total. The van der Waals surface area contributed by atoms with Gasteiger partial charge in [0.1, 0.15) is 4.75 Å². The van der Waals surface area contributed by atoms with Crippen LogP contribution in [0.2, 0.25) is 0 Å². The molecule has 1 spiro atoms. The van der Waals surface area contributed by atoms with Crippen molar-refractivity contribution in [3.05, 3.63) is 54.6 Å². The lowest BCUT2D eigenvalue weighted by molar-refractivity contribution is 0.0472. The second-order valence-corrected chi connectivity index (χ2v) is 9.51. The van der Waals surface area contributed by atoms with E-state index in [1.54, 1.807) is 36.7 Å². The molecule has 2 fully saturated rings. The maximum atomic E-state index is 12.8. The van der Waals surface area contributed by atoms with Crippen LogP contribution < -0.4 is 0 Å². The predicted octanol–water partition coefficient (Wildman–Crippen LogP) is 1.52. The first kappa shape index (κ1) is 17.1. The molecular formula is C18H16N4O5S. The number of furan rings is 1. The van der Waals surface area contributed by atoms with Crippen LogP contribution in [0.1, 0.15) is 28.8 Å². The second kappa shape index (κ2) is 5.99. The average molecular weight is 400 g/mol. The minimum absolute atomic E-state index is 0.0351. The summed E-state index contributed by atoms with van der Waals surface area (Å²) in [7, 11) is -3.40. The van der Waals surface area contributed by atoms with Crippen LogP contribution in [-0.2, 0) is 9.84 Å². The summed E-state index contributed by atoms with van der Waals surface area (Å²) in [6, 6.07) is 6.69. The molecule has 28 heavy (non-hydrogen) atoms. The maximum Gasteiger partial charge on any atom is 0.289 e. The number of amides is 1. The number of pyridine rings is 1. The van der Waals surface area contributed by atoms with Crippen molar-refractivity contribution < 1.29 is 22.2 Å². The summed E-state index contributed by atoms with van der Waals surface area (Å²) in [6.45, 7) is 0.180. The lowest BCUT2D eigenvalue weighted by Gasteiger charge is -2.48. The molecule has 0 bridgehead atoms. The van der Waals surface area contributed by atoms with Gasteiger partial charge >= 0.3 is 0 Å². The van der Waals surface area contributed by atoms with Gasteiger partial charge < -0.3 is 13.8 Å². The SMILES string of the molecule is O=C(c1ccco1)N1CC2(C1)C(c1nc(-c3ccncc3)no1)CCS2(=O)=O. The Morgan fingerprint density at radius 1 is 1.21 bits per heavy atom. The Morgan fingerprint density at radius 2 is 2.00 bits per heavy atom. The molecule has 2 aliphatic rings. The van der Waals surface area contributed by atoms with E-state index in [1.165, 1.54) is 11.2 Å². The number of likely N-dealkylation sites (tertiary alicyclic amines) is 1. The number of hydrogen-bond donors (Lipinski definition) is 0. The fraction of sp³-hybridized carbons (Fsp3) is 0.333. The minimum Gasteiger partial charge on any atom is -0.459 e. The molecule has 5 rings (SSSR count). The Morgan fingerprint density at radius 3 is 2.71 bits per heavy atom. The molecule has 3 aromatic heterocycles. The third-order valence-corrected chi connectivity index (χ3v) is 8.10. The fourth-order valence-corrected chi connectivity index (χ4v) is 6.33. The van der Waals surface area contributed by atoms with Crippen LogP contribution in [0.5, 0.6) is 0 Å². The Labute approximate surface area is 160 Å². The predicted molar refractivity (Wildman–Crippen MR) is 96.0 cm³/mol. The number of carbonyl (C=O) groups excluding carboxylic acids is 1. The molecule has 2 saturated heterocycles. The summed E-state index contributed by atoms with van der Waals surface area (Å²) in [6.07, 6.45) is 5.05. The van der Waals surface area contributed by atoms with E-state index in [9.17, 15) is 13.2 Å². The number of aromatic nitrogens is 3. The van der Waals surface area contributed by atoms with Gasteiger partial charge in [-0.15, -0.1) is 0 Å². The first-order valence-corrected chi connectivity index (χ1v) is 10.4. The van der Waals surface area contributed by atoms with Gasteiger partial charge in [-0.2, -0.15) is 4.98 Å². The zero-order valence-corrected chi connectivity index (χ0v) is 15.5. The molecule has 10 heteroatoms. The second-order valence-electron chi connectivity index (χ2n) is 7.06. The average Bonchev–Trinajstić information content (AvgIpc) is 3.39. The summed E-state index contributed by atoms with van der Waals surface area (Å²) >= 11 is 0. The van der Waals surface area contributed by atoms with Gasteiger partial charge in [-0.3, -0.25) is 9.78 Å². The molecule has 1 unspecified atom stereocenters. The zero-order valence-electron chi connectivity index (χ0n) is 14.7. The van der Waals surface area contributed by atoms with E-state index >= 15 is 0 Å². The Hall–Kier alpha value is -3.01. The van der Waals surface area contributed by atoms with E-state index in [0.29, 0.717) is 12.2 Å². The number of hydrogen-bond acceptors (Lipinski definition) is 8. The molecule has 1 atom stereocenters. The maximum absolute atomic E-state index is 12.8. The summed E-state index contributed by atoms with van der Waals surface area (Å²) < 4.78 is 35.1. The Bertz CT molecular complexity index is 1120. The minimum atomic E-state index is -3.40. The molecule has 144 valence electrons. The van der Waals surface area contributed by atoms with E-state index < -0.39 is 20.5 Å². The highest BCUT2D eigenvalue weighted by atomic mass is 32.2. The molecule has 2 aliphatic heterocycles. The molecule has 9 nitrogen and oxygen atoms in total. The number of rotatable bonds is 3. The van der Waals surface area contributed by atoms with E-state index in [4.69, 9.17) is 8.94 Å². The molecule has 0 aromatic carbocycles. The van der Waals surface area contributed by atoms with Crippen LogP contribution in [0, 0.1) is 0 Å². The Kier molecular flexibility index (Phi) is 3.66. The lowest BCUT2D eigenvalue weighted by atomic mass is 9.83. The van der Waals surface area contributed by atoms with Crippen molar-refractivity contribution in [2.75, 3.05) is 18.8 Å². The highest BCUT2D eigenvalue weighted by Gasteiger charge is 2.64. The topological polar surface area (TPSA) is 119 Å². The fourth-order valence-electron chi connectivity index (χ4n) is 4.02. The quantitative estimate of drug-likeness (QED) is 0.649. The van der Waals surface area contributed by atoms with Crippen LogP contribution >= 0.6 is 0 Å². The smallest absolute Gasteiger partial charge is 0.289 e. The van der Waals surface area contributed by atoms with Gasteiger partial charge in [-0.25, -0.2) is 8.42 Å². The van der Waals surface area contributed by atoms with Crippen LogP contribution in [0.4, 0.5) is 0 Å². The van der Waals surface area contributed by atoms with Crippen molar-refractivity contribution in [2.45, 2.75) is 17.1 Å². The summed E-state index contributed by atoms with van der Waals surface area (Å²) in [5.74, 6) is 0.144. The third-order valence-electron chi connectivity index (χ3n) is 5.54. The Balaban J connectivity index is 1.43. The van der Waals surface area contributed by atoms with Crippen molar-refractivity contribution in [1.29, 1.82) is 0 Å². The molecule has 0 aliphatic carbocycles. The summed E-state index contributed by atoms with van der Waals surface area (Å²) in [4.78, 5) is 22.3. The largest absolute Gasteiger partial charge is 0.459 e. The normalized spacial score (nSPS) is 22.3. The van der Waals surface area contributed by atoms with Gasteiger partial charge in [0.05, 0.1) is 17.9 Å². The van der Waals surface area contributed by atoms with Crippen LogP contribution in [-0.4, -0.2) is 57.9 Å². The van der Waals surface area contributed by atoms with Gasteiger partial charge in [-0.05, 0) is 30.7 Å². The van der Waals surface area contributed by atoms with E-state index in [1.807, 2.05) is 0 Å². The summed E-state index contributed by atoms with van der Waals surface area (Å²) in [5.41, 5.74) is 0.739. The lowest BCUT2D eigenvalue weighted by Crippen LogP contribution is -2.67. The zero-order chi connectivity index (χ0) is 19.4. The molecule has 5 heterocycles.